The largest absolute Gasteiger partial charge is 0.496 e. The van der Waals surface area contributed by atoms with E-state index in [2.05, 4.69) is 17.5 Å². The molecule has 1 aliphatic heterocycles. The summed E-state index contributed by atoms with van der Waals surface area (Å²) in [5.41, 5.74) is 5.94. The van der Waals surface area contributed by atoms with Crippen molar-refractivity contribution in [1.29, 1.82) is 5.26 Å². The lowest BCUT2D eigenvalue weighted by Gasteiger charge is -2.20. The van der Waals surface area contributed by atoms with Crippen LogP contribution in [0.25, 0.3) is 11.1 Å². The number of methoxy groups -OCH3 is 1. The molecule has 4 aromatic rings. The number of fused-ring (bicyclic) bond motifs is 1. The molecule has 0 bridgehead atoms. The van der Waals surface area contributed by atoms with Crippen molar-refractivity contribution in [2.45, 2.75) is 32.7 Å². The number of hydrogen-bond donors (Lipinski definition) is 3. The Bertz CT molecular complexity index is 1710. The maximum Gasteiger partial charge on any atom is 0.323 e. The second kappa shape index (κ2) is 14.5. The SMILES string of the molecule is COc1cc(OCc2cccc(-c3ccc4c(c3)OCCO4)c2C)cc(OCc2cccc(C#N)c2)c1CNC(CO)C(=O)O. The molecule has 3 N–H and O–H groups in total. The molecule has 1 heterocycles. The number of carbonyl (C=O) groups is 1. The highest BCUT2D eigenvalue weighted by molar-refractivity contribution is 5.73. The van der Waals surface area contributed by atoms with Gasteiger partial charge in [0.1, 0.15) is 49.7 Å². The van der Waals surface area contributed by atoms with Gasteiger partial charge in [0.05, 0.1) is 30.9 Å². The number of nitrogens with one attached hydrogen (secondary N) is 1. The van der Waals surface area contributed by atoms with Gasteiger partial charge in [-0.2, -0.15) is 5.26 Å². The molecule has 0 aromatic heterocycles. The van der Waals surface area contributed by atoms with E-state index in [1.165, 1.54) is 7.11 Å². The molecule has 0 spiro atoms. The summed E-state index contributed by atoms with van der Waals surface area (Å²) in [6, 6.07) is 23.4. The fraction of sp³-hybridized carbons (Fsp3) is 0.257. The van der Waals surface area contributed by atoms with E-state index in [0.717, 1.165) is 39.3 Å². The molecular weight excluding hydrogens is 576 g/mol. The van der Waals surface area contributed by atoms with Crippen LogP contribution in [0.15, 0.2) is 72.8 Å². The van der Waals surface area contributed by atoms with Crippen molar-refractivity contribution < 1.29 is 38.7 Å². The van der Waals surface area contributed by atoms with Crippen molar-refractivity contribution in [3.8, 4) is 45.9 Å². The monoisotopic (exact) mass is 610 g/mol. The first-order valence-electron chi connectivity index (χ1n) is 14.4. The maximum atomic E-state index is 11.5. The van der Waals surface area contributed by atoms with Crippen LogP contribution in [-0.4, -0.2) is 49.2 Å². The van der Waals surface area contributed by atoms with Gasteiger partial charge in [-0.1, -0.05) is 36.4 Å². The average Bonchev–Trinajstić information content (AvgIpc) is 3.07. The van der Waals surface area contributed by atoms with Crippen molar-refractivity contribution in [3.05, 3.63) is 101 Å². The zero-order chi connectivity index (χ0) is 31.8. The number of hydrogen-bond acceptors (Lipinski definition) is 9. The van der Waals surface area contributed by atoms with Gasteiger partial charge in [0.15, 0.2) is 11.5 Å². The lowest BCUT2D eigenvalue weighted by Crippen LogP contribution is -2.39. The summed E-state index contributed by atoms with van der Waals surface area (Å²) in [5, 5.41) is 31.0. The normalized spacial score (nSPS) is 12.6. The molecule has 0 aliphatic carbocycles. The summed E-state index contributed by atoms with van der Waals surface area (Å²) in [4.78, 5) is 11.5. The summed E-state index contributed by atoms with van der Waals surface area (Å²) in [6.45, 7) is 2.97. The number of ether oxygens (including phenoxy) is 5. The molecule has 10 nitrogen and oxygen atoms in total. The van der Waals surface area contributed by atoms with E-state index >= 15 is 0 Å². The van der Waals surface area contributed by atoms with E-state index in [9.17, 15) is 20.3 Å². The first kappa shape index (κ1) is 31.2. The number of aliphatic hydroxyl groups excluding tert-OH is 1. The standard InChI is InChI=1S/C35H34N2O8/c1-22-26(7-4-8-28(22)25-9-10-31-34(14-25)43-12-11-42-31)21-44-27-15-32(41-2)29(18-37-30(19-38)35(39)40)33(16-27)45-20-24-6-3-5-23(13-24)17-36/h3-10,13-16,30,37-38H,11-12,18-21H2,1-2H3,(H,39,40). The van der Waals surface area contributed by atoms with Gasteiger partial charge in [-0.25, -0.2) is 0 Å². The van der Waals surface area contributed by atoms with Crippen molar-refractivity contribution in [3.63, 3.8) is 0 Å². The molecule has 232 valence electrons. The predicted octanol–water partition coefficient (Wildman–Crippen LogP) is 5.01. The number of nitriles is 1. The minimum Gasteiger partial charge on any atom is -0.496 e. The number of nitrogens with zero attached hydrogens (tertiary/aromatic N) is 1. The Hall–Kier alpha value is -5.24. The van der Waals surface area contributed by atoms with Crippen LogP contribution in [0.2, 0.25) is 0 Å². The van der Waals surface area contributed by atoms with Crippen LogP contribution in [0.1, 0.15) is 27.8 Å². The van der Waals surface area contributed by atoms with E-state index in [1.807, 2.05) is 43.3 Å². The molecule has 0 fully saturated rings. The zero-order valence-corrected chi connectivity index (χ0v) is 25.0. The number of carboxylic acid groups (broad SMARTS) is 1. The van der Waals surface area contributed by atoms with Crippen molar-refractivity contribution in [2.24, 2.45) is 0 Å². The van der Waals surface area contributed by atoms with Crippen LogP contribution in [0, 0.1) is 18.3 Å². The lowest BCUT2D eigenvalue weighted by atomic mass is 9.96. The number of aliphatic hydroxyl groups is 1. The second-order valence-corrected chi connectivity index (χ2v) is 10.4. The topological polar surface area (TPSA) is 140 Å². The molecule has 0 saturated heterocycles. The van der Waals surface area contributed by atoms with Gasteiger partial charge < -0.3 is 33.9 Å². The van der Waals surface area contributed by atoms with Crippen LogP contribution in [0.5, 0.6) is 28.7 Å². The highest BCUT2D eigenvalue weighted by Crippen LogP contribution is 2.38. The van der Waals surface area contributed by atoms with Gasteiger partial charge in [-0.3, -0.25) is 10.1 Å². The van der Waals surface area contributed by atoms with Gasteiger partial charge in [0, 0.05) is 18.7 Å². The number of aliphatic carboxylic acids is 1. The fourth-order valence-corrected chi connectivity index (χ4v) is 5.04. The van der Waals surface area contributed by atoms with Crippen molar-refractivity contribution in [1.82, 2.24) is 5.32 Å². The fourth-order valence-electron chi connectivity index (χ4n) is 5.04. The third-order valence-corrected chi connectivity index (χ3v) is 7.51. The van der Waals surface area contributed by atoms with Gasteiger partial charge in [-0.15, -0.1) is 0 Å². The predicted molar refractivity (Wildman–Crippen MR) is 166 cm³/mol. The van der Waals surface area contributed by atoms with Crippen molar-refractivity contribution >= 4 is 5.97 Å². The minimum absolute atomic E-state index is 0.0469. The number of carboxylic acids is 1. The second-order valence-electron chi connectivity index (χ2n) is 10.4. The molecule has 4 aromatic carbocycles. The van der Waals surface area contributed by atoms with E-state index in [4.69, 9.17) is 23.7 Å². The van der Waals surface area contributed by atoms with E-state index < -0.39 is 18.6 Å². The highest BCUT2D eigenvalue weighted by atomic mass is 16.6. The van der Waals surface area contributed by atoms with Crippen LogP contribution in [-0.2, 0) is 24.6 Å². The Balaban J connectivity index is 1.40. The Morgan fingerprint density at radius 3 is 2.51 bits per heavy atom. The van der Waals surface area contributed by atoms with Crippen LogP contribution < -0.4 is 29.0 Å². The maximum absolute atomic E-state index is 11.5. The lowest BCUT2D eigenvalue weighted by molar-refractivity contribution is -0.140. The van der Waals surface area contributed by atoms with E-state index in [0.29, 0.717) is 41.6 Å². The Kier molecular flexibility index (Phi) is 10.0. The average molecular weight is 611 g/mol. The Morgan fingerprint density at radius 2 is 1.76 bits per heavy atom. The van der Waals surface area contributed by atoms with Crippen LogP contribution in [0.4, 0.5) is 0 Å². The highest BCUT2D eigenvalue weighted by Gasteiger charge is 2.20. The molecule has 0 saturated carbocycles. The molecule has 1 unspecified atom stereocenters. The summed E-state index contributed by atoms with van der Waals surface area (Å²) in [5.74, 6) is 1.59. The third kappa shape index (κ3) is 7.47. The molecule has 45 heavy (non-hydrogen) atoms. The molecule has 5 rings (SSSR count). The zero-order valence-electron chi connectivity index (χ0n) is 25.0. The minimum atomic E-state index is -1.18. The molecule has 1 atom stereocenters. The number of benzene rings is 4. The third-order valence-electron chi connectivity index (χ3n) is 7.51. The molecule has 10 heteroatoms. The summed E-state index contributed by atoms with van der Waals surface area (Å²) < 4.78 is 29.6. The van der Waals surface area contributed by atoms with Gasteiger partial charge in [-0.05, 0) is 59.0 Å². The first-order valence-corrected chi connectivity index (χ1v) is 14.4. The van der Waals surface area contributed by atoms with Crippen LogP contribution in [0.3, 0.4) is 0 Å². The molecular formula is C35H34N2O8. The first-order chi connectivity index (χ1) is 21.9. The smallest absolute Gasteiger partial charge is 0.323 e. The van der Waals surface area contributed by atoms with Crippen molar-refractivity contribution in [2.75, 3.05) is 26.9 Å². The quantitative estimate of drug-likeness (QED) is 0.189. The van der Waals surface area contributed by atoms with Gasteiger partial charge in [0.2, 0.25) is 0 Å². The number of rotatable bonds is 13. The summed E-state index contributed by atoms with van der Waals surface area (Å²) in [6.07, 6.45) is 0. The Labute approximate surface area is 261 Å². The molecule has 0 radical (unpaired) electrons. The van der Waals surface area contributed by atoms with E-state index in [1.54, 1.807) is 30.3 Å². The van der Waals surface area contributed by atoms with Gasteiger partial charge in [0.25, 0.3) is 0 Å². The van der Waals surface area contributed by atoms with E-state index in [-0.39, 0.29) is 19.8 Å². The van der Waals surface area contributed by atoms with Crippen LogP contribution >= 0.6 is 0 Å². The Morgan fingerprint density at radius 1 is 0.978 bits per heavy atom. The molecule has 1 aliphatic rings. The molecule has 0 amide bonds. The van der Waals surface area contributed by atoms with Gasteiger partial charge >= 0.3 is 5.97 Å². The summed E-state index contributed by atoms with van der Waals surface area (Å²) >= 11 is 0. The summed E-state index contributed by atoms with van der Waals surface area (Å²) in [7, 11) is 1.50.